The lowest BCUT2D eigenvalue weighted by Crippen LogP contribution is -2.12. The van der Waals surface area contributed by atoms with Gasteiger partial charge in [-0.3, -0.25) is 4.79 Å². The van der Waals surface area contributed by atoms with E-state index in [0.29, 0.717) is 6.61 Å². The fourth-order valence-electron chi connectivity index (χ4n) is 1.65. The first-order valence-corrected chi connectivity index (χ1v) is 6.31. The van der Waals surface area contributed by atoms with E-state index in [-0.39, 0.29) is 5.91 Å². The maximum absolute atomic E-state index is 10.8. The number of amides is 1. The summed E-state index contributed by atoms with van der Waals surface area (Å²) in [6.45, 7) is 1.90. The first kappa shape index (κ1) is 13.8. The molecule has 0 aliphatic rings. The van der Waals surface area contributed by atoms with Crippen LogP contribution in [0.25, 0.3) is 0 Å². The van der Waals surface area contributed by atoms with Crippen LogP contribution >= 0.6 is 0 Å². The zero-order chi connectivity index (χ0) is 14.2. The van der Waals surface area contributed by atoms with Gasteiger partial charge in [-0.25, -0.2) is 5.43 Å². The molecule has 2 aromatic rings. The van der Waals surface area contributed by atoms with Crippen LogP contribution in [0.2, 0.25) is 0 Å². The van der Waals surface area contributed by atoms with E-state index >= 15 is 0 Å². The lowest BCUT2D eigenvalue weighted by molar-refractivity contribution is -0.118. The minimum absolute atomic E-state index is 0.205. The van der Waals surface area contributed by atoms with Gasteiger partial charge in [-0.2, -0.15) is 5.10 Å². The van der Waals surface area contributed by atoms with Crippen molar-refractivity contribution in [1.29, 1.82) is 0 Å². The maximum Gasteiger partial charge on any atom is 0.236 e. The standard InChI is InChI=1S/C16H16N2O2/c1-13(19)18-17-11-15-9-5-6-10-16(15)20-12-14-7-3-2-4-8-14/h2-11H,12H2,1H3,(H,18,19)/b17-11+. The molecule has 0 aliphatic carbocycles. The maximum atomic E-state index is 10.8. The first-order valence-electron chi connectivity index (χ1n) is 6.31. The predicted molar refractivity (Wildman–Crippen MR) is 78.6 cm³/mol. The predicted octanol–water partition coefficient (Wildman–Crippen LogP) is 2.74. The first-order chi connectivity index (χ1) is 9.75. The Hall–Kier alpha value is -2.62. The quantitative estimate of drug-likeness (QED) is 0.669. The third-order valence-corrected chi connectivity index (χ3v) is 2.58. The topological polar surface area (TPSA) is 50.7 Å². The van der Waals surface area contributed by atoms with Crippen molar-refractivity contribution in [2.75, 3.05) is 0 Å². The van der Waals surface area contributed by atoms with Crippen LogP contribution in [0.15, 0.2) is 59.7 Å². The molecule has 4 nitrogen and oxygen atoms in total. The highest BCUT2D eigenvalue weighted by atomic mass is 16.5. The summed E-state index contributed by atoms with van der Waals surface area (Å²) in [5.41, 5.74) is 4.29. The second kappa shape index (κ2) is 7.09. The third-order valence-electron chi connectivity index (χ3n) is 2.58. The third kappa shape index (κ3) is 4.24. The second-order valence-corrected chi connectivity index (χ2v) is 4.24. The number of para-hydroxylation sites is 1. The van der Waals surface area contributed by atoms with E-state index in [0.717, 1.165) is 16.9 Å². The highest BCUT2D eigenvalue weighted by molar-refractivity contribution is 5.84. The van der Waals surface area contributed by atoms with E-state index in [4.69, 9.17) is 4.74 Å². The number of rotatable bonds is 5. The number of nitrogens with zero attached hydrogens (tertiary/aromatic N) is 1. The summed E-state index contributed by atoms with van der Waals surface area (Å²) in [6, 6.07) is 17.5. The van der Waals surface area contributed by atoms with E-state index in [1.165, 1.54) is 6.92 Å². The van der Waals surface area contributed by atoms with Crippen molar-refractivity contribution in [3.8, 4) is 5.75 Å². The van der Waals surface area contributed by atoms with Gasteiger partial charge in [-0.1, -0.05) is 42.5 Å². The van der Waals surface area contributed by atoms with E-state index < -0.39 is 0 Å². The van der Waals surface area contributed by atoms with Gasteiger partial charge < -0.3 is 4.74 Å². The summed E-state index contributed by atoms with van der Waals surface area (Å²) < 4.78 is 5.78. The van der Waals surface area contributed by atoms with Gasteiger partial charge in [-0.05, 0) is 17.7 Å². The number of carbonyl (C=O) groups excluding carboxylic acids is 1. The van der Waals surface area contributed by atoms with Crippen molar-refractivity contribution in [2.45, 2.75) is 13.5 Å². The molecule has 0 aromatic heterocycles. The number of nitrogens with one attached hydrogen (secondary N) is 1. The van der Waals surface area contributed by atoms with Crippen molar-refractivity contribution in [2.24, 2.45) is 5.10 Å². The highest BCUT2D eigenvalue weighted by Gasteiger charge is 2.01. The van der Waals surface area contributed by atoms with Crippen LogP contribution in [0.1, 0.15) is 18.1 Å². The van der Waals surface area contributed by atoms with Crippen LogP contribution in [0, 0.1) is 0 Å². The van der Waals surface area contributed by atoms with Crippen LogP contribution in [-0.4, -0.2) is 12.1 Å². The number of hydrogen-bond donors (Lipinski definition) is 1. The molecule has 2 rings (SSSR count). The van der Waals surface area contributed by atoms with Crippen LogP contribution in [0.4, 0.5) is 0 Å². The van der Waals surface area contributed by atoms with Crippen molar-refractivity contribution in [3.63, 3.8) is 0 Å². The van der Waals surface area contributed by atoms with Gasteiger partial charge in [0.1, 0.15) is 12.4 Å². The van der Waals surface area contributed by atoms with E-state index in [9.17, 15) is 4.79 Å². The SMILES string of the molecule is CC(=O)N/N=C/c1ccccc1OCc1ccccc1. The Morgan fingerprint density at radius 1 is 1.15 bits per heavy atom. The molecule has 0 aliphatic heterocycles. The molecule has 20 heavy (non-hydrogen) atoms. The summed E-state index contributed by atoms with van der Waals surface area (Å²) in [7, 11) is 0. The van der Waals surface area contributed by atoms with E-state index in [1.54, 1.807) is 6.21 Å². The Morgan fingerprint density at radius 3 is 2.60 bits per heavy atom. The number of hydrazone groups is 1. The fourth-order valence-corrected chi connectivity index (χ4v) is 1.65. The molecule has 4 heteroatoms. The number of carbonyl (C=O) groups is 1. The van der Waals surface area contributed by atoms with Crippen molar-refractivity contribution < 1.29 is 9.53 Å². The summed E-state index contributed by atoms with van der Waals surface area (Å²) in [5.74, 6) is 0.523. The van der Waals surface area contributed by atoms with Gasteiger partial charge in [0.05, 0.1) is 6.21 Å². The molecule has 1 N–H and O–H groups in total. The Balaban J connectivity index is 2.04. The van der Waals surface area contributed by atoms with Crippen molar-refractivity contribution >= 4 is 12.1 Å². The van der Waals surface area contributed by atoms with Gasteiger partial charge in [0.25, 0.3) is 0 Å². The summed E-state index contributed by atoms with van der Waals surface area (Å²) >= 11 is 0. The molecule has 0 heterocycles. The highest BCUT2D eigenvalue weighted by Crippen LogP contribution is 2.17. The molecule has 0 saturated carbocycles. The number of ether oxygens (including phenoxy) is 1. The van der Waals surface area contributed by atoms with Gasteiger partial charge >= 0.3 is 0 Å². The molecule has 0 bridgehead atoms. The largest absolute Gasteiger partial charge is 0.488 e. The molecule has 102 valence electrons. The van der Waals surface area contributed by atoms with Gasteiger partial charge in [0.15, 0.2) is 0 Å². The fraction of sp³-hybridized carbons (Fsp3) is 0.125. The second-order valence-electron chi connectivity index (χ2n) is 4.24. The lowest BCUT2D eigenvalue weighted by atomic mass is 10.2. The number of hydrogen-bond acceptors (Lipinski definition) is 3. The molecule has 0 saturated heterocycles. The Bertz CT molecular complexity index is 594. The Labute approximate surface area is 118 Å². The van der Waals surface area contributed by atoms with Gasteiger partial charge in [0, 0.05) is 12.5 Å². The molecule has 0 unspecified atom stereocenters. The minimum atomic E-state index is -0.205. The molecule has 0 spiro atoms. The monoisotopic (exact) mass is 268 g/mol. The average molecular weight is 268 g/mol. The van der Waals surface area contributed by atoms with Crippen LogP contribution in [-0.2, 0) is 11.4 Å². The van der Waals surface area contributed by atoms with E-state index in [2.05, 4.69) is 10.5 Å². The molecule has 0 radical (unpaired) electrons. The molecular formula is C16H16N2O2. The summed E-state index contributed by atoms with van der Waals surface area (Å²) in [5, 5.41) is 3.85. The van der Waals surface area contributed by atoms with Crippen LogP contribution < -0.4 is 10.2 Å². The Kier molecular flexibility index (Phi) is 4.89. The normalized spacial score (nSPS) is 10.4. The van der Waals surface area contributed by atoms with Crippen LogP contribution in [0.5, 0.6) is 5.75 Å². The van der Waals surface area contributed by atoms with Crippen molar-refractivity contribution in [3.05, 3.63) is 65.7 Å². The van der Waals surface area contributed by atoms with Gasteiger partial charge in [0.2, 0.25) is 5.91 Å². The zero-order valence-corrected chi connectivity index (χ0v) is 11.2. The van der Waals surface area contributed by atoms with Crippen molar-refractivity contribution in [1.82, 2.24) is 5.43 Å². The molecule has 0 atom stereocenters. The molecular weight excluding hydrogens is 252 g/mol. The molecule has 1 amide bonds. The Morgan fingerprint density at radius 2 is 1.85 bits per heavy atom. The molecule has 2 aromatic carbocycles. The summed E-state index contributed by atoms with van der Waals surface area (Å²) in [4.78, 5) is 10.8. The number of benzene rings is 2. The smallest absolute Gasteiger partial charge is 0.236 e. The average Bonchev–Trinajstić information content (AvgIpc) is 2.47. The molecule has 0 fully saturated rings. The van der Waals surface area contributed by atoms with Gasteiger partial charge in [-0.15, -0.1) is 0 Å². The summed E-state index contributed by atoms with van der Waals surface area (Å²) in [6.07, 6.45) is 1.57. The minimum Gasteiger partial charge on any atom is -0.488 e. The van der Waals surface area contributed by atoms with Crippen LogP contribution in [0.3, 0.4) is 0 Å². The lowest BCUT2D eigenvalue weighted by Gasteiger charge is -2.08. The zero-order valence-electron chi connectivity index (χ0n) is 11.2. The van der Waals surface area contributed by atoms with E-state index in [1.807, 2.05) is 54.6 Å².